The van der Waals surface area contributed by atoms with Crippen molar-refractivity contribution in [3.8, 4) is 6.07 Å². The molecule has 0 aliphatic heterocycles. The number of nitrogens with one attached hydrogen (secondary N) is 1. The van der Waals surface area contributed by atoms with Crippen LogP contribution >= 0.6 is 11.8 Å². The van der Waals surface area contributed by atoms with Gasteiger partial charge in [0.1, 0.15) is 5.82 Å². The summed E-state index contributed by atoms with van der Waals surface area (Å²) in [7, 11) is 1.72. The zero-order valence-corrected chi connectivity index (χ0v) is 9.25. The normalized spacial score (nSPS) is 9.60. The van der Waals surface area contributed by atoms with Crippen LogP contribution in [-0.4, -0.2) is 39.3 Å². The number of hydrogen-bond donors (Lipinski definition) is 1. The molecule has 1 N–H and O–H groups in total. The molecule has 1 amide bonds. The summed E-state index contributed by atoms with van der Waals surface area (Å²) in [4.78, 5) is 20.0. The van der Waals surface area contributed by atoms with Gasteiger partial charge in [0.2, 0.25) is 5.91 Å². The number of rotatable bonds is 5. The molecule has 0 radical (unpaired) electrons. The number of nitriles is 1. The first-order chi connectivity index (χ1) is 7.24. The lowest BCUT2D eigenvalue weighted by atomic mass is 10.5. The second-order valence-corrected chi connectivity index (χ2v) is 3.92. The number of aromatic amines is 1. The van der Waals surface area contributed by atoms with Crippen molar-refractivity contribution >= 4 is 17.7 Å². The SMILES string of the molecule is CN(Cc1ncc[nH]1)C(=O)CSCC#N. The van der Waals surface area contributed by atoms with Gasteiger partial charge in [-0.25, -0.2) is 4.98 Å². The lowest BCUT2D eigenvalue weighted by molar-refractivity contribution is -0.127. The molecule has 0 spiro atoms. The summed E-state index contributed by atoms with van der Waals surface area (Å²) in [5.74, 6) is 1.45. The fourth-order valence-corrected chi connectivity index (χ4v) is 1.58. The van der Waals surface area contributed by atoms with E-state index in [2.05, 4.69) is 9.97 Å². The van der Waals surface area contributed by atoms with Crippen molar-refractivity contribution in [3.05, 3.63) is 18.2 Å². The minimum absolute atomic E-state index is 0.00616. The summed E-state index contributed by atoms with van der Waals surface area (Å²) in [6, 6.07) is 1.98. The Labute approximate surface area is 92.5 Å². The molecular weight excluding hydrogens is 212 g/mol. The zero-order chi connectivity index (χ0) is 11.1. The van der Waals surface area contributed by atoms with Gasteiger partial charge in [-0.3, -0.25) is 4.79 Å². The van der Waals surface area contributed by atoms with E-state index >= 15 is 0 Å². The van der Waals surface area contributed by atoms with Gasteiger partial charge >= 0.3 is 0 Å². The van der Waals surface area contributed by atoms with Crippen molar-refractivity contribution in [1.82, 2.24) is 14.9 Å². The van der Waals surface area contributed by atoms with Crippen LogP contribution < -0.4 is 0 Å². The Morgan fingerprint density at radius 2 is 2.60 bits per heavy atom. The largest absolute Gasteiger partial charge is 0.347 e. The minimum atomic E-state index is 0.00616. The van der Waals surface area contributed by atoms with Crippen LogP contribution in [0.5, 0.6) is 0 Å². The molecule has 0 unspecified atom stereocenters. The molecule has 0 saturated heterocycles. The van der Waals surface area contributed by atoms with Crippen LogP contribution in [-0.2, 0) is 11.3 Å². The number of carbonyl (C=O) groups excluding carboxylic acids is 1. The van der Waals surface area contributed by atoms with Gasteiger partial charge in [0.05, 0.1) is 24.1 Å². The minimum Gasteiger partial charge on any atom is -0.347 e. The van der Waals surface area contributed by atoms with E-state index in [4.69, 9.17) is 5.26 Å². The predicted octanol–water partition coefficient (Wildman–Crippen LogP) is 0.625. The second-order valence-electron chi connectivity index (χ2n) is 2.94. The first-order valence-electron chi connectivity index (χ1n) is 4.41. The van der Waals surface area contributed by atoms with Crippen molar-refractivity contribution in [3.63, 3.8) is 0 Å². The average Bonchev–Trinajstić information content (AvgIpc) is 2.70. The highest BCUT2D eigenvalue weighted by atomic mass is 32.2. The molecule has 1 rings (SSSR count). The monoisotopic (exact) mass is 224 g/mol. The first-order valence-corrected chi connectivity index (χ1v) is 5.56. The van der Waals surface area contributed by atoms with Gasteiger partial charge < -0.3 is 9.88 Å². The van der Waals surface area contributed by atoms with Crippen molar-refractivity contribution in [2.24, 2.45) is 0 Å². The van der Waals surface area contributed by atoms with Gasteiger partial charge in [-0.05, 0) is 0 Å². The average molecular weight is 224 g/mol. The second kappa shape index (κ2) is 6.09. The highest BCUT2D eigenvalue weighted by molar-refractivity contribution is 8.00. The maximum Gasteiger partial charge on any atom is 0.232 e. The number of H-pyrrole nitrogens is 1. The number of amides is 1. The number of nitrogens with zero attached hydrogens (tertiary/aromatic N) is 3. The van der Waals surface area contributed by atoms with Gasteiger partial charge in [-0.15, -0.1) is 11.8 Å². The van der Waals surface area contributed by atoms with E-state index in [1.54, 1.807) is 24.3 Å². The molecule has 15 heavy (non-hydrogen) atoms. The number of hydrogen-bond acceptors (Lipinski definition) is 4. The molecule has 5 nitrogen and oxygen atoms in total. The molecule has 1 aromatic rings. The highest BCUT2D eigenvalue weighted by Crippen LogP contribution is 2.02. The Morgan fingerprint density at radius 1 is 1.80 bits per heavy atom. The molecule has 0 bridgehead atoms. The topological polar surface area (TPSA) is 72.8 Å². The van der Waals surface area contributed by atoms with Gasteiger partial charge in [0, 0.05) is 19.4 Å². The van der Waals surface area contributed by atoms with E-state index < -0.39 is 0 Å². The zero-order valence-electron chi connectivity index (χ0n) is 8.43. The molecular formula is C9H12N4OS. The molecule has 0 atom stereocenters. The third kappa shape index (κ3) is 4.04. The summed E-state index contributed by atoms with van der Waals surface area (Å²) < 4.78 is 0. The Balaban J connectivity index is 2.31. The van der Waals surface area contributed by atoms with Gasteiger partial charge in [0.15, 0.2) is 0 Å². The number of carbonyl (C=O) groups is 1. The summed E-state index contributed by atoms with van der Waals surface area (Å²) >= 11 is 1.32. The molecule has 6 heteroatoms. The smallest absolute Gasteiger partial charge is 0.232 e. The molecule has 0 aliphatic rings. The first kappa shape index (κ1) is 11.6. The molecule has 80 valence electrons. The van der Waals surface area contributed by atoms with E-state index in [0.717, 1.165) is 5.82 Å². The molecule has 1 heterocycles. The Morgan fingerprint density at radius 3 is 3.20 bits per heavy atom. The molecule has 0 saturated carbocycles. The van der Waals surface area contributed by atoms with Gasteiger partial charge in [-0.2, -0.15) is 5.26 Å². The van der Waals surface area contributed by atoms with E-state index in [-0.39, 0.29) is 5.91 Å². The van der Waals surface area contributed by atoms with Crippen LogP contribution in [0.4, 0.5) is 0 Å². The lowest BCUT2D eigenvalue weighted by Crippen LogP contribution is -2.28. The van der Waals surface area contributed by atoms with E-state index in [9.17, 15) is 4.79 Å². The van der Waals surface area contributed by atoms with E-state index in [0.29, 0.717) is 18.1 Å². The standard InChI is InChI=1S/C9H12N4OS/c1-13(6-8-11-3-4-12-8)9(14)7-15-5-2-10/h3-4H,5-7H2,1H3,(H,11,12). The van der Waals surface area contributed by atoms with Crippen LogP contribution in [0.25, 0.3) is 0 Å². The summed E-state index contributed by atoms with van der Waals surface area (Å²) in [6.07, 6.45) is 3.37. The fraction of sp³-hybridized carbons (Fsp3) is 0.444. The number of imidazole rings is 1. The van der Waals surface area contributed by atoms with Crippen molar-refractivity contribution in [1.29, 1.82) is 5.26 Å². The maximum atomic E-state index is 11.5. The number of aromatic nitrogens is 2. The Hall–Kier alpha value is -1.48. The number of thioether (sulfide) groups is 1. The molecule has 0 fully saturated rings. The van der Waals surface area contributed by atoms with Crippen LogP contribution in [0.15, 0.2) is 12.4 Å². The summed E-state index contributed by atoms with van der Waals surface area (Å²) in [5.41, 5.74) is 0. The Bertz CT molecular complexity index is 343. The third-order valence-corrected chi connectivity index (χ3v) is 2.54. The van der Waals surface area contributed by atoms with E-state index in [1.807, 2.05) is 6.07 Å². The molecule has 0 aliphatic carbocycles. The molecule has 0 aromatic carbocycles. The van der Waals surface area contributed by atoms with E-state index in [1.165, 1.54) is 11.8 Å². The van der Waals surface area contributed by atoms with Crippen LogP contribution in [0.1, 0.15) is 5.82 Å². The van der Waals surface area contributed by atoms with Gasteiger partial charge in [-0.1, -0.05) is 0 Å². The summed E-state index contributed by atoms with van der Waals surface area (Å²) in [5, 5.41) is 8.31. The lowest BCUT2D eigenvalue weighted by Gasteiger charge is -2.14. The van der Waals surface area contributed by atoms with Crippen molar-refractivity contribution < 1.29 is 4.79 Å². The van der Waals surface area contributed by atoms with Gasteiger partial charge in [0.25, 0.3) is 0 Å². The summed E-state index contributed by atoms with van der Waals surface area (Å²) in [6.45, 7) is 0.471. The van der Waals surface area contributed by atoms with Crippen LogP contribution in [0.2, 0.25) is 0 Å². The fourth-order valence-electron chi connectivity index (χ4n) is 0.991. The quantitative estimate of drug-likeness (QED) is 0.744. The Kier molecular flexibility index (Phi) is 4.71. The van der Waals surface area contributed by atoms with Crippen LogP contribution in [0.3, 0.4) is 0 Å². The highest BCUT2D eigenvalue weighted by Gasteiger charge is 2.09. The maximum absolute atomic E-state index is 11.5. The van der Waals surface area contributed by atoms with Crippen molar-refractivity contribution in [2.45, 2.75) is 6.54 Å². The van der Waals surface area contributed by atoms with Crippen molar-refractivity contribution in [2.75, 3.05) is 18.6 Å². The predicted molar refractivity (Wildman–Crippen MR) is 58.0 cm³/mol. The third-order valence-electron chi connectivity index (χ3n) is 1.76. The molecule has 1 aromatic heterocycles. The van der Waals surface area contributed by atoms with Crippen LogP contribution in [0, 0.1) is 11.3 Å².